The summed E-state index contributed by atoms with van der Waals surface area (Å²) in [6, 6.07) is 14.2. The van der Waals surface area contributed by atoms with E-state index in [1.54, 1.807) is 31.2 Å². The second-order valence-corrected chi connectivity index (χ2v) is 5.83. The summed E-state index contributed by atoms with van der Waals surface area (Å²) >= 11 is 3.32. The lowest BCUT2D eigenvalue weighted by atomic mass is 10.1. The zero-order valence-corrected chi connectivity index (χ0v) is 13.9. The van der Waals surface area contributed by atoms with Gasteiger partial charge < -0.3 is 10.1 Å². The molecule has 0 bridgehead atoms. The van der Waals surface area contributed by atoms with Crippen LogP contribution in [0.15, 0.2) is 53.0 Å². The maximum absolute atomic E-state index is 12.0. The number of hydrogen-bond donors (Lipinski definition) is 1. The second-order valence-electron chi connectivity index (χ2n) is 4.91. The lowest BCUT2D eigenvalue weighted by molar-refractivity contribution is -0.123. The van der Waals surface area contributed by atoms with Crippen molar-refractivity contribution in [2.75, 3.05) is 5.32 Å². The van der Waals surface area contributed by atoms with E-state index in [9.17, 15) is 9.59 Å². The molecule has 22 heavy (non-hydrogen) atoms. The van der Waals surface area contributed by atoms with Crippen LogP contribution in [0.2, 0.25) is 0 Å². The molecule has 1 N–H and O–H groups in total. The molecule has 1 amide bonds. The quantitative estimate of drug-likeness (QED) is 0.839. The Hall–Kier alpha value is -2.14. The Labute approximate surface area is 137 Å². The predicted octanol–water partition coefficient (Wildman–Crippen LogP) is 3.94. The van der Waals surface area contributed by atoms with Gasteiger partial charge in [-0.05, 0) is 50.2 Å². The largest absolute Gasteiger partial charge is 0.449 e. The molecule has 0 fully saturated rings. The van der Waals surface area contributed by atoms with Crippen LogP contribution < -0.4 is 5.32 Å². The van der Waals surface area contributed by atoms with Gasteiger partial charge in [0.05, 0.1) is 5.56 Å². The minimum absolute atomic E-state index is 0.372. The first-order valence-corrected chi connectivity index (χ1v) is 7.59. The smallest absolute Gasteiger partial charge is 0.338 e. The van der Waals surface area contributed by atoms with Gasteiger partial charge in [-0.15, -0.1) is 0 Å². The Kier molecular flexibility index (Phi) is 5.33. The van der Waals surface area contributed by atoms with Crippen LogP contribution in [0.5, 0.6) is 0 Å². The Morgan fingerprint density at radius 3 is 2.23 bits per heavy atom. The zero-order valence-electron chi connectivity index (χ0n) is 12.3. The van der Waals surface area contributed by atoms with Crippen molar-refractivity contribution in [1.82, 2.24) is 0 Å². The minimum atomic E-state index is -0.877. The molecular formula is C17H16BrNO3. The van der Waals surface area contributed by atoms with Crippen LogP contribution in [0.25, 0.3) is 0 Å². The van der Waals surface area contributed by atoms with E-state index in [0.717, 1.165) is 10.0 Å². The summed E-state index contributed by atoms with van der Waals surface area (Å²) < 4.78 is 6.09. The maximum Gasteiger partial charge on any atom is 0.338 e. The Morgan fingerprint density at radius 2 is 1.64 bits per heavy atom. The number of benzene rings is 2. The molecule has 0 heterocycles. The highest BCUT2D eigenvalue weighted by Gasteiger charge is 2.18. The van der Waals surface area contributed by atoms with Crippen molar-refractivity contribution in [2.45, 2.75) is 20.0 Å². The molecule has 0 saturated heterocycles. The van der Waals surface area contributed by atoms with Crippen molar-refractivity contribution in [3.63, 3.8) is 0 Å². The standard InChI is InChI=1S/C17H16BrNO3/c1-11-3-5-13(6-4-11)17(21)22-12(2)16(20)19-15-9-7-14(18)8-10-15/h3-10,12H,1-2H3,(H,19,20). The highest BCUT2D eigenvalue weighted by molar-refractivity contribution is 9.10. The number of rotatable bonds is 4. The third-order valence-electron chi connectivity index (χ3n) is 3.05. The molecule has 5 heteroatoms. The summed E-state index contributed by atoms with van der Waals surface area (Å²) in [5.41, 5.74) is 2.12. The van der Waals surface area contributed by atoms with E-state index in [1.165, 1.54) is 0 Å². The van der Waals surface area contributed by atoms with Gasteiger partial charge in [-0.25, -0.2) is 4.79 Å². The third-order valence-corrected chi connectivity index (χ3v) is 3.58. The maximum atomic E-state index is 12.0. The molecule has 0 spiro atoms. The molecule has 0 radical (unpaired) electrons. The van der Waals surface area contributed by atoms with Crippen LogP contribution in [0.3, 0.4) is 0 Å². The van der Waals surface area contributed by atoms with Crippen molar-refractivity contribution in [2.24, 2.45) is 0 Å². The molecule has 1 unspecified atom stereocenters. The monoisotopic (exact) mass is 361 g/mol. The van der Waals surface area contributed by atoms with Crippen LogP contribution >= 0.6 is 15.9 Å². The van der Waals surface area contributed by atoms with E-state index in [0.29, 0.717) is 11.3 Å². The first-order valence-electron chi connectivity index (χ1n) is 6.80. The summed E-state index contributed by atoms with van der Waals surface area (Å²) in [4.78, 5) is 24.0. The predicted molar refractivity (Wildman–Crippen MR) is 88.8 cm³/mol. The fraction of sp³-hybridized carbons (Fsp3) is 0.176. The lowest BCUT2D eigenvalue weighted by Gasteiger charge is -2.13. The van der Waals surface area contributed by atoms with Gasteiger partial charge in [-0.2, -0.15) is 0 Å². The molecule has 0 aliphatic carbocycles. The number of carbonyl (C=O) groups excluding carboxylic acids is 2. The number of amides is 1. The normalized spacial score (nSPS) is 11.6. The zero-order chi connectivity index (χ0) is 16.1. The molecule has 0 aliphatic rings. The molecule has 2 aromatic rings. The van der Waals surface area contributed by atoms with Gasteiger partial charge in [0.1, 0.15) is 0 Å². The average molecular weight is 362 g/mol. The molecule has 1 atom stereocenters. The number of ether oxygens (including phenoxy) is 1. The Bertz CT molecular complexity index is 665. The SMILES string of the molecule is Cc1ccc(C(=O)OC(C)C(=O)Nc2ccc(Br)cc2)cc1. The van der Waals surface area contributed by atoms with Gasteiger partial charge >= 0.3 is 5.97 Å². The van der Waals surface area contributed by atoms with Crippen LogP contribution in [0.4, 0.5) is 5.69 Å². The summed E-state index contributed by atoms with van der Waals surface area (Å²) in [6.45, 7) is 3.48. The van der Waals surface area contributed by atoms with E-state index in [1.807, 2.05) is 31.2 Å². The highest BCUT2D eigenvalue weighted by Crippen LogP contribution is 2.15. The molecular weight excluding hydrogens is 346 g/mol. The molecule has 114 valence electrons. The van der Waals surface area contributed by atoms with E-state index in [4.69, 9.17) is 4.74 Å². The van der Waals surface area contributed by atoms with Gasteiger partial charge in [0.2, 0.25) is 0 Å². The topological polar surface area (TPSA) is 55.4 Å². The Morgan fingerprint density at radius 1 is 1.05 bits per heavy atom. The first kappa shape index (κ1) is 16.2. The van der Waals surface area contributed by atoms with Crippen molar-refractivity contribution in [3.8, 4) is 0 Å². The summed E-state index contributed by atoms with van der Waals surface area (Å²) in [7, 11) is 0. The molecule has 4 nitrogen and oxygen atoms in total. The average Bonchev–Trinajstić information content (AvgIpc) is 2.50. The number of halogens is 1. The number of esters is 1. The third kappa shape index (κ3) is 4.43. The van der Waals surface area contributed by atoms with Crippen molar-refractivity contribution < 1.29 is 14.3 Å². The van der Waals surface area contributed by atoms with Gasteiger partial charge in [-0.3, -0.25) is 4.79 Å². The lowest BCUT2D eigenvalue weighted by Crippen LogP contribution is -2.29. The summed E-state index contributed by atoms with van der Waals surface area (Å²) in [5.74, 6) is -0.888. The molecule has 2 rings (SSSR count). The number of carbonyl (C=O) groups is 2. The molecule has 0 saturated carbocycles. The van der Waals surface area contributed by atoms with E-state index in [-0.39, 0.29) is 5.91 Å². The first-order chi connectivity index (χ1) is 10.5. The molecule has 0 aliphatic heterocycles. The van der Waals surface area contributed by atoms with Crippen LogP contribution in [-0.2, 0) is 9.53 Å². The van der Waals surface area contributed by atoms with Gasteiger partial charge in [0.15, 0.2) is 6.10 Å². The van der Waals surface area contributed by atoms with E-state index < -0.39 is 12.1 Å². The van der Waals surface area contributed by atoms with Crippen LogP contribution in [0.1, 0.15) is 22.8 Å². The Balaban J connectivity index is 1.94. The van der Waals surface area contributed by atoms with E-state index >= 15 is 0 Å². The fourth-order valence-electron chi connectivity index (χ4n) is 1.75. The van der Waals surface area contributed by atoms with Crippen molar-refractivity contribution >= 4 is 33.5 Å². The number of aryl methyl sites for hydroxylation is 1. The highest BCUT2D eigenvalue weighted by atomic mass is 79.9. The number of anilines is 1. The fourth-order valence-corrected chi connectivity index (χ4v) is 2.01. The minimum Gasteiger partial charge on any atom is -0.449 e. The summed E-state index contributed by atoms with van der Waals surface area (Å²) in [5, 5.41) is 2.70. The number of hydrogen-bond acceptors (Lipinski definition) is 3. The van der Waals surface area contributed by atoms with E-state index in [2.05, 4.69) is 21.2 Å². The van der Waals surface area contributed by atoms with Crippen LogP contribution in [-0.4, -0.2) is 18.0 Å². The molecule has 0 aromatic heterocycles. The van der Waals surface area contributed by atoms with Gasteiger partial charge in [0.25, 0.3) is 5.91 Å². The van der Waals surface area contributed by atoms with Crippen LogP contribution in [0, 0.1) is 6.92 Å². The number of nitrogens with one attached hydrogen (secondary N) is 1. The summed E-state index contributed by atoms with van der Waals surface area (Å²) in [6.07, 6.45) is -0.877. The van der Waals surface area contributed by atoms with Gasteiger partial charge in [0, 0.05) is 10.2 Å². The van der Waals surface area contributed by atoms with Crippen molar-refractivity contribution in [3.05, 3.63) is 64.1 Å². The molecule has 2 aromatic carbocycles. The van der Waals surface area contributed by atoms with Gasteiger partial charge in [-0.1, -0.05) is 33.6 Å². The van der Waals surface area contributed by atoms with Crippen molar-refractivity contribution in [1.29, 1.82) is 0 Å². The second kappa shape index (κ2) is 7.22.